The first kappa shape index (κ1) is 15.3. The van der Waals surface area contributed by atoms with Gasteiger partial charge in [0, 0.05) is 12.5 Å². The first-order valence-electron chi connectivity index (χ1n) is 8.00. The minimum atomic E-state index is 0.605. The summed E-state index contributed by atoms with van der Waals surface area (Å²) in [6.07, 6.45) is 2.35. The number of nitrogens with one attached hydrogen (secondary N) is 1. The minimum absolute atomic E-state index is 0.605. The Labute approximate surface area is 123 Å². The molecule has 1 unspecified atom stereocenters. The number of hydrogen-bond acceptors (Lipinski definition) is 3. The van der Waals surface area contributed by atoms with Gasteiger partial charge in [-0.1, -0.05) is 32.0 Å². The van der Waals surface area contributed by atoms with Crippen molar-refractivity contribution in [1.29, 1.82) is 0 Å². The van der Waals surface area contributed by atoms with Crippen LogP contribution in [0.1, 0.15) is 38.2 Å². The van der Waals surface area contributed by atoms with Gasteiger partial charge in [0.15, 0.2) is 0 Å². The van der Waals surface area contributed by atoms with E-state index in [1.54, 1.807) is 0 Å². The maximum Gasteiger partial charge on any atom is 0.122 e. The zero-order chi connectivity index (χ0) is 14.2. The second kappa shape index (κ2) is 8.28. The molecule has 0 radical (unpaired) electrons. The summed E-state index contributed by atoms with van der Waals surface area (Å²) in [6, 6.07) is 8.46. The summed E-state index contributed by atoms with van der Waals surface area (Å²) in [6.45, 7) is 11.0. The van der Waals surface area contributed by atoms with Crippen LogP contribution in [0, 0.1) is 0 Å². The molecule has 20 heavy (non-hydrogen) atoms. The van der Waals surface area contributed by atoms with Gasteiger partial charge in [-0.3, -0.25) is 0 Å². The van der Waals surface area contributed by atoms with Gasteiger partial charge in [-0.25, -0.2) is 0 Å². The lowest BCUT2D eigenvalue weighted by Crippen LogP contribution is -2.30. The summed E-state index contributed by atoms with van der Waals surface area (Å²) in [5.74, 6) is 1.68. The van der Waals surface area contributed by atoms with E-state index in [1.807, 2.05) is 0 Å². The van der Waals surface area contributed by atoms with Gasteiger partial charge in [-0.2, -0.15) is 0 Å². The Morgan fingerprint density at radius 1 is 1.25 bits per heavy atom. The Bertz CT molecular complexity index is 390. The molecule has 0 aliphatic carbocycles. The van der Waals surface area contributed by atoms with Crippen LogP contribution in [0.5, 0.6) is 5.75 Å². The Balaban J connectivity index is 1.70. The lowest BCUT2D eigenvalue weighted by Gasteiger charge is -2.26. The first-order valence-corrected chi connectivity index (χ1v) is 8.00. The van der Waals surface area contributed by atoms with Crippen LogP contribution in [0.4, 0.5) is 0 Å². The lowest BCUT2D eigenvalue weighted by molar-refractivity contribution is 0.263. The van der Waals surface area contributed by atoms with Crippen LogP contribution in [-0.4, -0.2) is 44.2 Å². The molecule has 1 aliphatic rings. The zero-order valence-electron chi connectivity index (χ0n) is 12.9. The summed E-state index contributed by atoms with van der Waals surface area (Å²) in [5, 5.41) is 3.62. The normalized spacial score (nSPS) is 17.9. The lowest BCUT2D eigenvalue weighted by atomic mass is 9.93. The van der Waals surface area contributed by atoms with Gasteiger partial charge in [-0.05, 0) is 50.7 Å². The molecule has 1 aromatic carbocycles. The van der Waals surface area contributed by atoms with Gasteiger partial charge in [0.05, 0.1) is 6.61 Å². The number of ether oxygens (including phenoxy) is 1. The fraction of sp³-hybridized carbons (Fsp3) is 0.647. The highest BCUT2D eigenvalue weighted by Crippen LogP contribution is 2.32. The molecule has 2 rings (SSSR count). The summed E-state index contributed by atoms with van der Waals surface area (Å²) in [5.41, 5.74) is 1.37. The van der Waals surface area contributed by atoms with Crippen LogP contribution in [0.15, 0.2) is 24.3 Å². The summed E-state index contributed by atoms with van der Waals surface area (Å²) in [7, 11) is 0. The topological polar surface area (TPSA) is 24.5 Å². The average molecular weight is 276 g/mol. The smallest absolute Gasteiger partial charge is 0.122 e. The maximum atomic E-state index is 5.71. The number of nitrogens with zero attached hydrogens (tertiary/aromatic N) is 1. The molecular weight excluding hydrogens is 248 g/mol. The molecule has 3 nitrogen and oxygen atoms in total. The third-order valence-electron chi connectivity index (χ3n) is 4.20. The van der Waals surface area contributed by atoms with Gasteiger partial charge in [0.25, 0.3) is 0 Å². The van der Waals surface area contributed by atoms with Crippen molar-refractivity contribution < 1.29 is 4.74 Å². The molecule has 1 heterocycles. The van der Waals surface area contributed by atoms with Crippen LogP contribution in [-0.2, 0) is 0 Å². The number of para-hydroxylation sites is 1. The molecule has 0 fully saturated rings. The van der Waals surface area contributed by atoms with Crippen molar-refractivity contribution in [2.45, 2.75) is 32.6 Å². The van der Waals surface area contributed by atoms with E-state index in [-0.39, 0.29) is 0 Å². The van der Waals surface area contributed by atoms with Crippen molar-refractivity contribution in [2.24, 2.45) is 0 Å². The van der Waals surface area contributed by atoms with E-state index in [1.165, 1.54) is 18.5 Å². The minimum Gasteiger partial charge on any atom is -0.493 e. The van der Waals surface area contributed by atoms with Crippen molar-refractivity contribution >= 4 is 0 Å². The molecule has 1 aromatic rings. The van der Waals surface area contributed by atoms with E-state index >= 15 is 0 Å². The molecule has 0 saturated heterocycles. The van der Waals surface area contributed by atoms with Gasteiger partial charge in [0.2, 0.25) is 0 Å². The van der Waals surface area contributed by atoms with Crippen LogP contribution < -0.4 is 10.1 Å². The predicted molar refractivity (Wildman–Crippen MR) is 84.6 cm³/mol. The Kier molecular flexibility index (Phi) is 6.34. The molecule has 0 bridgehead atoms. The number of benzene rings is 1. The van der Waals surface area contributed by atoms with E-state index in [2.05, 4.69) is 48.3 Å². The number of hydrogen-bond donors (Lipinski definition) is 1. The van der Waals surface area contributed by atoms with Gasteiger partial charge >= 0.3 is 0 Å². The summed E-state index contributed by atoms with van der Waals surface area (Å²) in [4.78, 5) is 2.48. The third-order valence-corrected chi connectivity index (χ3v) is 4.20. The Morgan fingerprint density at radius 3 is 2.85 bits per heavy atom. The fourth-order valence-electron chi connectivity index (χ4n) is 2.87. The van der Waals surface area contributed by atoms with E-state index < -0.39 is 0 Å². The first-order chi connectivity index (χ1) is 9.85. The standard InChI is InChI=1S/C17H28N2O/c1-3-19(4-2)12-7-11-18-14-15-10-13-20-17-9-6-5-8-16(15)17/h5-6,8-9,15,18H,3-4,7,10-14H2,1-2H3. The van der Waals surface area contributed by atoms with E-state index in [0.717, 1.165) is 45.0 Å². The molecule has 1 aliphatic heterocycles. The number of rotatable bonds is 8. The van der Waals surface area contributed by atoms with E-state index in [0.29, 0.717) is 5.92 Å². The zero-order valence-corrected chi connectivity index (χ0v) is 12.9. The second-order valence-electron chi connectivity index (χ2n) is 5.46. The highest BCUT2D eigenvalue weighted by Gasteiger charge is 2.20. The van der Waals surface area contributed by atoms with Crippen LogP contribution in [0.2, 0.25) is 0 Å². The van der Waals surface area contributed by atoms with Gasteiger partial charge < -0.3 is 15.0 Å². The highest BCUT2D eigenvalue weighted by molar-refractivity contribution is 5.37. The van der Waals surface area contributed by atoms with Crippen molar-refractivity contribution in [1.82, 2.24) is 10.2 Å². The summed E-state index contributed by atoms with van der Waals surface area (Å²) < 4.78 is 5.71. The Morgan fingerprint density at radius 2 is 2.05 bits per heavy atom. The van der Waals surface area contributed by atoms with Crippen LogP contribution in [0.3, 0.4) is 0 Å². The fourth-order valence-corrected chi connectivity index (χ4v) is 2.87. The quantitative estimate of drug-likeness (QED) is 0.739. The SMILES string of the molecule is CCN(CC)CCCNCC1CCOc2ccccc21. The Hall–Kier alpha value is -1.06. The molecular formula is C17H28N2O. The van der Waals surface area contributed by atoms with Crippen LogP contribution in [0.25, 0.3) is 0 Å². The maximum absolute atomic E-state index is 5.71. The highest BCUT2D eigenvalue weighted by atomic mass is 16.5. The molecule has 0 spiro atoms. The van der Waals surface area contributed by atoms with Crippen molar-refractivity contribution in [2.75, 3.05) is 39.3 Å². The van der Waals surface area contributed by atoms with Gasteiger partial charge in [0.1, 0.15) is 5.75 Å². The molecule has 0 amide bonds. The predicted octanol–water partition coefficient (Wildman–Crippen LogP) is 2.87. The largest absolute Gasteiger partial charge is 0.493 e. The molecule has 1 N–H and O–H groups in total. The molecule has 0 aromatic heterocycles. The van der Waals surface area contributed by atoms with E-state index in [9.17, 15) is 0 Å². The van der Waals surface area contributed by atoms with Crippen molar-refractivity contribution in [3.8, 4) is 5.75 Å². The van der Waals surface area contributed by atoms with Gasteiger partial charge in [-0.15, -0.1) is 0 Å². The average Bonchev–Trinajstić information content (AvgIpc) is 2.51. The molecule has 1 atom stereocenters. The monoisotopic (exact) mass is 276 g/mol. The third kappa shape index (κ3) is 4.22. The van der Waals surface area contributed by atoms with E-state index in [4.69, 9.17) is 4.74 Å². The summed E-state index contributed by atoms with van der Waals surface area (Å²) >= 11 is 0. The number of fused-ring (bicyclic) bond motifs is 1. The molecule has 3 heteroatoms. The van der Waals surface area contributed by atoms with Crippen molar-refractivity contribution in [3.63, 3.8) is 0 Å². The second-order valence-corrected chi connectivity index (χ2v) is 5.46. The molecule has 112 valence electrons. The van der Waals surface area contributed by atoms with Crippen LogP contribution >= 0.6 is 0 Å². The molecule has 0 saturated carbocycles. The van der Waals surface area contributed by atoms with Crippen molar-refractivity contribution in [3.05, 3.63) is 29.8 Å².